The van der Waals surface area contributed by atoms with Crippen LogP contribution in [0.2, 0.25) is 0 Å². The summed E-state index contributed by atoms with van der Waals surface area (Å²) in [6.07, 6.45) is 3.18. The van der Waals surface area contributed by atoms with E-state index in [-0.39, 0.29) is 5.91 Å². The molecule has 2 heterocycles. The van der Waals surface area contributed by atoms with Crippen molar-refractivity contribution in [3.63, 3.8) is 0 Å². The van der Waals surface area contributed by atoms with E-state index in [1.807, 2.05) is 36.4 Å². The molecular weight excluding hydrogens is 374 g/mol. The van der Waals surface area contributed by atoms with Crippen LogP contribution in [0.25, 0.3) is 33.7 Å². The van der Waals surface area contributed by atoms with E-state index >= 15 is 0 Å². The van der Waals surface area contributed by atoms with Gasteiger partial charge in [0.25, 0.3) is 5.91 Å². The normalized spacial score (nSPS) is 10.8. The standard InChI is InChI=1S/C25H17N3O2/c29-24(19-12-14-26-15-13-19)27-21-10-11-23-22(16-21)28-25(30-23)20-8-6-18(7-9-20)17-4-2-1-3-5-17/h1-16H,(H,27,29). The van der Waals surface area contributed by atoms with Crippen molar-refractivity contribution < 1.29 is 9.21 Å². The summed E-state index contributed by atoms with van der Waals surface area (Å²) in [7, 11) is 0. The van der Waals surface area contributed by atoms with Crippen LogP contribution in [0.5, 0.6) is 0 Å². The molecule has 5 nitrogen and oxygen atoms in total. The first kappa shape index (κ1) is 17.8. The van der Waals surface area contributed by atoms with Crippen molar-refractivity contribution in [2.75, 3.05) is 5.32 Å². The van der Waals surface area contributed by atoms with Crippen LogP contribution in [-0.2, 0) is 0 Å². The highest BCUT2D eigenvalue weighted by molar-refractivity contribution is 6.04. The number of carbonyl (C=O) groups excluding carboxylic acids is 1. The van der Waals surface area contributed by atoms with Crippen molar-refractivity contribution in [1.82, 2.24) is 9.97 Å². The molecule has 0 bridgehead atoms. The minimum absolute atomic E-state index is 0.197. The molecular formula is C25H17N3O2. The van der Waals surface area contributed by atoms with Gasteiger partial charge in [-0.05, 0) is 53.6 Å². The second-order valence-corrected chi connectivity index (χ2v) is 6.83. The van der Waals surface area contributed by atoms with Gasteiger partial charge in [-0.3, -0.25) is 9.78 Å². The lowest BCUT2D eigenvalue weighted by atomic mass is 10.0. The SMILES string of the molecule is O=C(Nc1ccc2oc(-c3ccc(-c4ccccc4)cc3)nc2c1)c1ccncc1. The molecule has 1 N–H and O–H groups in total. The monoisotopic (exact) mass is 391 g/mol. The van der Waals surface area contributed by atoms with Crippen molar-refractivity contribution in [3.05, 3.63) is 103 Å². The highest BCUT2D eigenvalue weighted by Crippen LogP contribution is 2.28. The number of aromatic nitrogens is 2. The summed E-state index contributed by atoms with van der Waals surface area (Å²) in [6.45, 7) is 0. The van der Waals surface area contributed by atoms with Crippen molar-refractivity contribution in [1.29, 1.82) is 0 Å². The molecule has 1 amide bonds. The molecule has 0 unspecified atom stereocenters. The summed E-state index contributed by atoms with van der Waals surface area (Å²) in [5, 5.41) is 2.88. The van der Waals surface area contributed by atoms with Gasteiger partial charge in [0.05, 0.1) is 0 Å². The highest BCUT2D eigenvalue weighted by Gasteiger charge is 2.11. The number of fused-ring (bicyclic) bond motifs is 1. The Morgan fingerprint density at radius 1 is 0.767 bits per heavy atom. The summed E-state index contributed by atoms with van der Waals surface area (Å²) in [5.74, 6) is 0.346. The van der Waals surface area contributed by atoms with Crippen LogP contribution in [0.15, 0.2) is 102 Å². The third kappa shape index (κ3) is 3.56. The number of amides is 1. The van der Waals surface area contributed by atoms with E-state index in [9.17, 15) is 4.79 Å². The average molecular weight is 391 g/mol. The van der Waals surface area contributed by atoms with Gasteiger partial charge in [-0.2, -0.15) is 0 Å². The van der Waals surface area contributed by atoms with Crippen LogP contribution in [0.1, 0.15) is 10.4 Å². The molecule has 144 valence electrons. The Bertz CT molecular complexity index is 1310. The van der Waals surface area contributed by atoms with Gasteiger partial charge in [0.2, 0.25) is 5.89 Å². The zero-order chi connectivity index (χ0) is 20.3. The summed E-state index contributed by atoms with van der Waals surface area (Å²) >= 11 is 0. The van der Waals surface area contributed by atoms with E-state index in [4.69, 9.17) is 4.42 Å². The maximum Gasteiger partial charge on any atom is 0.255 e. The van der Waals surface area contributed by atoms with Gasteiger partial charge >= 0.3 is 0 Å². The van der Waals surface area contributed by atoms with Gasteiger partial charge in [0.15, 0.2) is 5.58 Å². The molecule has 0 saturated heterocycles. The van der Waals surface area contributed by atoms with E-state index in [0.717, 1.165) is 16.7 Å². The Labute approximate surface area is 173 Å². The Kier molecular flexibility index (Phi) is 4.54. The molecule has 0 aliphatic heterocycles. The quantitative estimate of drug-likeness (QED) is 0.420. The largest absolute Gasteiger partial charge is 0.436 e. The third-order valence-corrected chi connectivity index (χ3v) is 4.83. The number of anilines is 1. The Balaban J connectivity index is 1.39. The molecule has 0 saturated carbocycles. The van der Waals surface area contributed by atoms with Crippen molar-refractivity contribution in [2.24, 2.45) is 0 Å². The molecule has 0 fully saturated rings. The van der Waals surface area contributed by atoms with Crippen LogP contribution in [0, 0.1) is 0 Å². The number of oxazole rings is 1. The van der Waals surface area contributed by atoms with E-state index in [0.29, 0.717) is 28.2 Å². The summed E-state index contributed by atoms with van der Waals surface area (Å²) < 4.78 is 5.91. The molecule has 0 spiro atoms. The maximum absolute atomic E-state index is 12.3. The summed E-state index contributed by atoms with van der Waals surface area (Å²) in [5.41, 5.74) is 5.75. The van der Waals surface area contributed by atoms with Crippen LogP contribution in [0.4, 0.5) is 5.69 Å². The Hall–Kier alpha value is -4.25. The lowest BCUT2D eigenvalue weighted by Gasteiger charge is -2.04. The van der Waals surface area contributed by atoms with Crippen molar-refractivity contribution >= 4 is 22.7 Å². The minimum Gasteiger partial charge on any atom is -0.436 e. The van der Waals surface area contributed by atoms with E-state index in [1.165, 1.54) is 0 Å². The predicted molar refractivity (Wildman–Crippen MR) is 117 cm³/mol. The highest BCUT2D eigenvalue weighted by atomic mass is 16.3. The molecule has 0 aliphatic rings. The van der Waals surface area contributed by atoms with Crippen LogP contribution in [0.3, 0.4) is 0 Å². The molecule has 0 radical (unpaired) electrons. The zero-order valence-corrected chi connectivity index (χ0v) is 15.9. The number of carbonyl (C=O) groups is 1. The van der Waals surface area contributed by atoms with Gasteiger partial charge in [-0.1, -0.05) is 42.5 Å². The zero-order valence-electron chi connectivity index (χ0n) is 15.9. The first-order chi connectivity index (χ1) is 14.8. The summed E-state index contributed by atoms with van der Waals surface area (Å²) in [4.78, 5) is 20.9. The number of hydrogen-bond acceptors (Lipinski definition) is 4. The van der Waals surface area contributed by atoms with Gasteiger partial charge in [-0.15, -0.1) is 0 Å². The van der Waals surface area contributed by atoms with Gasteiger partial charge in [0.1, 0.15) is 5.52 Å². The molecule has 3 aromatic carbocycles. The van der Waals surface area contributed by atoms with Crippen LogP contribution < -0.4 is 5.32 Å². The minimum atomic E-state index is -0.197. The number of pyridine rings is 1. The van der Waals surface area contributed by atoms with Gasteiger partial charge < -0.3 is 9.73 Å². The smallest absolute Gasteiger partial charge is 0.255 e. The fourth-order valence-corrected chi connectivity index (χ4v) is 3.27. The van der Waals surface area contributed by atoms with E-state index in [1.54, 1.807) is 36.7 Å². The Morgan fingerprint density at radius 3 is 2.23 bits per heavy atom. The van der Waals surface area contributed by atoms with Crippen LogP contribution in [-0.4, -0.2) is 15.9 Å². The molecule has 2 aromatic heterocycles. The fourth-order valence-electron chi connectivity index (χ4n) is 3.27. The third-order valence-electron chi connectivity index (χ3n) is 4.83. The van der Waals surface area contributed by atoms with Gasteiger partial charge in [-0.25, -0.2) is 4.98 Å². The average Bonchev–Trinajstić information content (AvgIpc) is 3.24. The van der Waals surface area contributed by atoms with E-state index in [2.05, 4.69) is 39.6 Å². The number of rotatable bonds is 4. The Morgan fingerprint density at radius 2 is 1.47 bits per heavy atom. The van der Waals surface area contributed by atoms with Gasteiger partial charge in [0, 0.05) is 29.2 Å². The maximum atomic E-state index is 12.3. The molecule has 0 aliphatic carbocycles. The first-order valence-corrected chi connectivity index (χ1v) is 9.54. The van der Waals surface area contributed by atoms with Crippen molar-refractivity contribution in [3.8, 4) is 22.6 Å². The molecule has 30 heavy (non-hydrogen) atoms. The number of nitrogens with one attached hydrogen (secondary N) is 1. The molecule has 5 heteroatoms. The molecule has 5 rings (SSSR count). The molecule has 5 aromatic rings. The number of hydrogen-bond donors (Lipinski definition) is 1. The topological polar surface area (TPSA) is 68.0 Å². The number of nitrogens with zero attached hydrogens (tertiary/aromatic N) is 2. The van der Waals surface area contributed by atoms with Crippen LogP contribution >= 0.6 is 0 Å². The second kappa shape index (κ2) is 7.64. The molecule has 0 atom stereocenters. The second-order valence-electron chi connectivity index (χ2n) is 6.83. The fraction of sp³-hybridized carbons (Fsp3) is 0. The van der Waals surface area contributed by atoms with E-state index < -0.39 is 0 Å². The lowest BCUT2D eigenvalue weighted by molar-refractivity contribution is 0.102. The first-order valence-electron chi connectivity index (χ1n) is 9.54. The van der Waals surface area contributed by atoms with Crippen molar-refractivity contribution in [2.45, 2.75) is 0 Å². The summed E-state index contributed by atoms with van der Waals surface area (Å²) in [6, 6.07) is 27.1. The number of benzene rings is 3. The lowest BCUT2D eigenvalue weighted by Crippen LogP contribution is -2.11. The predicted octanol–water partition coefficient (Wildman–Crippen LogP) is 5.81.